The molecule has 0 aromatic heterocycles. The van der Waals surface area contributed by atoms with E-state index in [1.165, 1.54) is 0 Å². The quantitative estimate of drug-likeness (QED) is 0.624. The lowest BCUT2D eigenvalue weighted by Gasteiger charge is -2.02. The summed E-state index contributed by atoms with van der Waals surface area (Å²) in [7, 11) is 0. The van der Waals surface area contributed by atoms with Gasteiger partial charge in [0, 0.05) is 12.1 Å². The predicted molar refractivity (Wildman–Crippen MR) is 51.6 cm³/mol. The Morgan fingerprint density at radius 1 is 1.69 bits per heavy atom. The summed E-state index contributed by atoms with van der Waals surface area (Å²) >= 11 is 0. The number of ether oxygens (including phenoxy) is 1. The van der Waals surface area contributed by atoms with Gasteiger partial charge in [-0.3, -0.25) is 0 Å². The van der Waals surface area contributed by atoms with E-state index in [1.807, 2.05) is 6.08 Å². The number of aliphatic imine (C=N–C) groups is 1. The van der Waals surface area contributed by atoms with Crippen LogP contribution in [0.15, 0.2) is 16.8 Å². The number of rotatable bonds is 3. The minimum atomic E-state index is -0.307. The van der Waals surface area contributed by atoms with Crippen molar-refractivity contribution in [2.24, 2.45) is 10.9 Å². The highest BCUT2D eigenvalue weighted by Gasteiger charge is 2.17. The summed E-state index contributed by atoms with van der Waals surface area (Å²) in [5.41, 5.74) is 1.52. The molecule has 3 heteroatoms. The van der Waals surface area contributed by atoms with Crippen molar-refractivity contribution in [2.75, 3.05) is 6.61 Å². The van der Waals surface area contributed by atoms with Crippen molar-refractivity contribution >= 4 is 11.7 Å². The summed E-state index contributed by atoms with van der Waals surface area (Å²) < 4.78 is 4.84. The molecule has 0 atom stereocenters. The molecule has 0 aromatic rings. The molecule has 0 saturated carbocycles. The van der Waals surface area contributed by atoms with E-state index in [1.54, 1.807) is 6.92 Å². The number of carbonyl (C=O) groups is 1. The number of allylic oxidation sites excluding steroid dienone is 1. The van der Waals surface area contributed by atoms with Crippen LogP contribution in [0.3, 0.4) is 0 Å². The molecule has 0 saturated heterocycles. The van der Waals surface area contributed by atoms with Gasteiger partial charge in [-0.1, -0.05) is 13.8 Å². The zero-order valence-electron chi connectivity index (χ0n) is 8.33. The number of esters is 1. The third kappa shape index (κ3) is 2.41. The Kier molecular flexibility index (Phi) is 3.23. The third-order valence-corrected chi connectivity index (χ3v) is 1.92. The Bertz CT molecular complexity index is 264. The van der Waals surface area contributed by atoms with Crippen LogP contribution in [0.1, 0.15) is 27.2 Å². The van der Waals surface area contributed by atoms with Crippen LogP contribution in [-0.4, -0.2) is 18.3 Å². The molecule has 1 rings (SSSR count). The molecule has 0 fully saturated rings. The fraction of sp³-hybridized carbons (Fsp3) is 0.600. The molecule has 0 N–H and O–H groups in total. The Morgan fingerprint density at radius 2 is 2.38 bits per heavy atom. The fourth-order valence-electron chi connectivity index (χ4n) is 1.15. The van der Waals surface area contributed by atoms with E-state index >= 15 is 0 Å². The van der Waals surface area contributed by atoms with Crippen molar-refractivity contribution in [3.8, 4) is 0 Å². The maximum atomic E-state index is 11.2. The minimum Gasteiger partial charge on any atom is -0.461 e. The zero-order chi connectivity index (χ0) is 9.84. The summed E-state index contributed by atoms with van der Waals surface area (Å²) in [6.45, 7) is 6.34. The maximum absolute atomic E-state index is 11.2. The molecule has 72 valence electrons. The second-order valence-electron chi connectivity index (χ2n) is 3.27. The topological polar surface area (TPSA) is 38.7 Å². The fourth-order valence-corrected chi connectivity index (χ4v) is 1.15. The van der Waals surface area contributed by atoms with Crippen molar-refractivity contribution < 1.29 is 9.53 Å². The van der Waals surface area contributed by atoms with E-state index in [2.05, 4.69) is 18.8 Å². The van der Waals surface area contributed by atoms with Crippen LogP contribution in [0.25, 0.3) is 0 Å². The molecule has 13 heavy (non-hydrogen) atoms. The van der Waals surface area contributed by atoms with E-state index in [0.29, 0.717) is 18.2 Å². The monoisotopic (exact) mass is 181 g/mol. The van der Waals surface area contributed by atoms with E-state index < -0.39 is 0 Å². The van der Waals surface area contributed by atoms with Gasteiger partial charge in [0.15, 0.2) is 0 Å². The molecule has 1 heterocycles. The van der Waals surface area contributed by atoms with Crippen LogP contribution in [0.2, 0.25) is 0 Å². The average Bonchev–Trinajstić information content (AvgIpc) is 2.52. The summed E-state index contributed by atoms with van der Waals surface area (Å²) in [5.74, 6) is 0.0985. The highest BCUT2D eigenvalue weighted by Crippen LogP contribution is 2.16. The highest BCUT2D eigenvalue weighted by molar-refractivity contribution is 5.99. The zero-order valence-corrected chi connectivity index (χ0v) is 8.33. The lowest BCUT2D eigenvalue weighted by atomic mass is 10.1. The van der Waals surface area contributed by atoms with Gasteiger partial charge < -0.3 is 4.74 Å². The first-order chi connectivity index (χ1) is 6.15. The van der Waals surface area contributed by atoms with Gasteiger partial charge in [0.2, 0.25) is 0 Å². The number of hydrogen-bond donors (Lipinski definition) is 0. The summed E-state index contributed by atoms with van der Waals surface area (Å²) in [6.07, 6.45) is 2.61. The van der Waals surface area contributed by atoms with Crippen LogP contribution in [0.4, 0.5) is 0 Å². The molecule has 0 amide bonds. The first kappa shape index (κ1) is 9.96. The lowest BCUT2D eigenvalue weighted by Crippen LogP contribution is -2.06. The Hall–Kier alpha value is -1.12. The van der Waals surface area contributed by atoms with Crippen molar-refractivity contribution in [3.05, 3.63) is 11.8 Å². The van der Waals surface area contributed by atoms with E-state index in [0.717, 1.165) is 12.1 Å². The van der Waals surface area contributed by atoms with Gasteiger partial charge in [-0.05, 0) is 18.9 Å². The van der Waals surface area contributed by atoms with Crippen LogP contribution in [-0.2, 0) is 9.53 Å². The Morgan fingerprint density at radius 3 is 2.85 bits per heavy atom. The maximum Gasteiger partial charge on any atom is 0.356 e. The van der Waals surface area contributed by atoms with Crippen molar-refractivity contribution in [1.82, 2.24) is 0 Å². The normalized spacial score (nSPS) is 15.7. The Balaban J connectivity index is 2.60. The molecule has 0 radical (unpaired) electrons. The van der Waals surface area contributed by atoms with Gasteiger partial charge in [0.25, 0.3) is 0 Å². The predicted octanol–water partition coefficient (Wildman–Crippen LogP) is 1.93. The second kappa shape index (κ2) is 4.21. The van der Waals surface area contributed by atoms with E-state index in [9.17, 15) is 4.79 Å². The van der Waals surface area contributed by atoms with Gasteiger partial charge in [0.05, 0.1) is 6.61 Å². The molecule has 0 aromatic carbocycles. The van der Waals surface area contributed by atoms with E-state index in [-0.39, 0.29) is 5.97 Å². The number of carbonyl (C=O) groups excluding carboxylic acids is 1. The largest absolute Gasteiger partial charge is 0.461 e. The highest BCUT2D eigenvalue weighted by atomic mass is 16.5. The van der Waals surface area contributed by atoms with Crippen LogP contribution >= 0.6 is 0 Å². The molecule has 0 unspecified atom stereocenters. The number of hydrogen-bond acceptors (Lipinski definition) is 3. The average molecular weight is 181 g/mol. The van der Waals surface area contributed by atoms with Crippen molar-refractivity contribution in [2.45, 2.75) is 27.2 Å². The summed E-state index contributed by atoms with van der Waals surface area (Å²) in [6, 6.07) is 0. The SMILES string of the molecule is CCOC(=O)C1=CCC(C(C)C)=N1. The van der Waals surface area contributed by atoms with Gasteiger partial charge in [-0.15, -0.1) is 0 Å². The molecule has 0 spiro atoms. The molecule has 3 nitrogen and oxygen atoms in total. The summed E-state index contributed by atoms with van der Waals surface area (Å²) in [5, 5.41) is 0. The van der Waals surface area contributed by atoms with Crippen molar-refractivity contribution in [3.63, 3.8) is 0 Å². The van der Waals surface area contributed by atoms with Crippen molar-refractivity contribution in [1.29, 1.82) is 0 Å². The van der Waals surface area contributed by atoms with Gasteiger partial charge in [0.1, 0.15) is 5.70 Å². The first-order valence-electron chi connectivity index (χ1n) is 4.60. The van der Waals surface area contributed by atoms with Crippen LogP contribution < -0.4 is 0 Å². The molecule has 0 bridgehead atoms. The Labute approximate surface area is 78.5 Å². The standard InChI is InChI=1S/C10H15NO2/c1-4-13-10(12)9-6-5-8(11-9)7(2)3/h6-7H,4-5H2,1-3H3. The van der Waals surface area contributed by atoms with Crippen LogP contribution in [0.5, 0.6) is 0 Å². The van der Waals surface area contributed by atoms with Crippen LogP contribution in [0, 0.1) is 5.92 Å². The number of nitrogens with zero attached hydrogens (tertiary/aromatic N) is 1. The van der Waals surface area contributed by atoms with Gasteiger partial charge in [-0.25, -0.2) is 9.79 Å². The summed E-state index contributed by atoms with van der Waals surface area (Å²) in [4.78, 5) is 15.4. The third-order valence-electron chi connectivity index (χ3n) is 1.92. The molecule has 1 aliphatic heterocycles. The lowest BCUT2D eigenvalue weighted by molar-refractivity contribution is -0.138. The minimum absolute atomic E-state index is 0.307. The molecule has 0 aliphatic carbocycles. The smallest absolute Gasteiger partial charge is 0.356 e. The van der Waals surface area contributed by atoms with E-state index in [4.69, 9.17) is 4.74 Å². The molecular weight excluding hydrogens is 166 g/mol. The van der Waals surface area contributed by atoms with Gasteiger partial charge in [-0.2, -0.15) is 0 Å². The van der Waals surface area contributed by atoms with Gasteiger partial charge >= 0.3 is 5.97 Å². The molecule has 1 aliphatic rings. The second-order valence-corrected chi connectivity index (χ2v) is 3.27. The molecular formula is C10H15NO2. The first-order valence-corrected chi connectivity index (χ1v) is 4.60.